The molecule has 0 aliphatic carbocycles. The average Bonchev–Trinajstić information content (AvgIpc) is 2.04. The molecule has 0 heterocycles. The van der Waals surface area contributed by atoms with Gasteiger partial charge < -0.3 is 5.11 Å². The summed E-state index contributed by atoms with van der Waals surface area (Å²) in [6.45, 7) is 1.48. The normalized spacial score (nSPS) is 12.5. The van der Waals surface area contributed by atoms with E-state index in [1.807, 2.05) is 19.1 Å². The molecule has 0 radical (unpaired) electrons. The Hall–Kier alpha value is -1.42. The monoisotopic (exact) mass is 181 g/mol. The Bertz CT molecular complexity index is 294. The summed E-state index contributed by atoms with van der Waals surface area (Å²) < 4.78 is 0. The maximum absolute atomic E-state index is 10.1. The molecule has 4 nitrogen and oxygen atoms in total. The smallest absolute Gasteiger partial charge is 0.233 e. The van der Waals surface area contributed by atoms with Crippen molar-refractivity contribution in [3.8, 4) is 0 Å². The van der Waals surface area contributed by atoms with E-state index in [1.165, 1.54) is 0 Å². The van der Waals surface area contributed by atoms with Gasteiger partial charge in [0.1, 0.15) is 6.10 Å². The number of nitrogens with zero attached hydrogens (tertiary/aromatic N) is 1. The Labute approximate surface area is 76.0 Å². The molecule has 1 aromatic rings. The third kappa shape index (κ3) is 2.83. The van der Waals surface area contributed by atoms with Gasteiger partial charge in [-0.05, 0) is 12.5 Å². The van der Waals surface area contributed by atoms with Crippen molar-refractivity contribution in [2.45, 2.75) is 13.0 Å². The molecule has 0 spiro atoms. The number of hydrogen-bond donors (Lipinski definition) is 1. The molecule has 0 fully saturated rings. The molecular weight excluding hydrogens is 170 g/mol. The van der Waals surface area contributed by atoms with E-state index in [0.717, 1.165) is 5.56 Å². The van der Waals surface area contributed by atoms with Crippen LogP contribution in [0.2, 0.25) is 0 Å². The predicted molar refractivity (Wildman–Crippen MR) is 48.0 cm³/mol. The topological polar surface area (TPSA) is 63.4 Å². The van der Waals surface area contributed by atoms with Gasteiger partial charge in [-0.15, -0.1) is 0 Å². The van der Waals surface area contributed by atoms with Crippen LogP contribution < -0.4 is 0 Å². The van der Waals surface area contributed by atoms with Crippen LogP contribution in [0, 0.1) is 17.0 Å². The molecule has 1 atom stereocenters. The van der Waals surface area contributed by atoms with Crippen LogP contribution in [0.25, 0.3) is 0 Å². The van der Waals surface area contributed by atoms with Gasteiger partial charge in [0.05, 0.1) is 0 Å². The summed E-state index contributed by atoms with van der Waals surface area (Å²) >= 11 is 0. The van der Waals surface area contributed by atoms with Crippen LogP contribution >= 0.6 is 0 Å². The Kier molecular flexibility index (Phi) is 2.97. The summed E-state index contributed by atoms with van der Waals surface area (Å²) in [6, 6.07) is 7.03. The van der Waals surface area contributed by atoms with Gasteiger partial charge >= 0.3 is 0 Å². The largest absolute Gasteiger partial charge is 0.382 e. The molecule has 0 saturated heterocycles. The summed E-state index contributed by atoms with van der Waals surface area (Å²) in [5, 5.41) is 19.4. The highest BCUT2D eigenvalue weighted by Gasteiger charge is 2.12. The van der Waals surface area contributed by atoms with Crippen LogP contribution in [0.5, 0.6) is 0 Å². The fraction of sp³-hybridized carbons (Fsp3) is 0.333. The van der Waals surface area contributed by atoms with Crippen LogP contribution in [-0.2, 0) is 0 Å². The summed E-state index contributed by atoms with van der Waals surface area (Å²) in [4.78, 5) is 9.57. The maximum atomic E-state index is 10.1. The van der Waals surface area contributed by atoms with Gasteiger partial charge in [-0.1, -0.05) is 29.8 Å². The Morgan fingerprint density at radius 2 is 2.00 bits per heavy atom. The predicted octanol–water partition coefficient (Wildman–Crippen LogP) is 1.31. The second kappa shape index (κ2) is 4.00. The molecule has 0 unspecified atom stereocenters. The molecule has 4 heteroatoms. The van der Waals surface area contributed by atoms with E-state index in [2.05, 4.69) is 0 Å². The Morgan fingerprint density at radius 1 is 1.46 bits per heavy atom. The number of hydrogen-bond acceptors (Lipinski definition) is 3. The van der Waals surface area contributed by atoms with E-state index in [9.17, 15) is 15.2 Å². The van der Waals surface area contributed by atoms with E-state index < -0.39 is 17.6 Å². The molecule has 1 rings (SSSR count). The lowest BCUT2D eigenvalue weighted by Crippen LogP contribution is -2.11. The molecule has 0 amide bonds. The number of benzene rings is 1. The third-order valence-electron chi connectivity index (χ3n) is 1.78. The zero-order chi connectivity index (χ0) is 9.84. The Morgan fingerprint density at radius 3 is 2.46 bits per heavy atom. The van der Waals surface area contributed by atoms with Gasteiger partial charge in [0.25, 0.3) is 0 Å². The first-order chi connectivity index (χ1) is 6.09. The molecular formula is C9H11NO3. The van der Waals surface area contributed by atoms with E-state index in [4.69, 9.17) is 0 Å². The van der Waals surface area contributed by atoms with Gasteiger partial charge in [0.2, 0.25) is 6.54 Å². The highest BCUT2D eigenvalue weighted by atomic mass is 16.6. The van der Waals surface area contributed by atoms with E-state index in [-0.39, 0.29) is 0 Å². The fourth-order valence-electron chi connectivity index (χ4n) is 1.04. The standard InChI is InChI=1S/C9H11NO3/c1-7-2-4-8(5-3-7)9(11)6-10(12)13/h2-5,9,11H,6H2,1H3/t9-/m1/s1. The number of nitro groups is 1. The van der Waals surface area contributed by atoms with Gasteiger partial charge in [-0.25, -0.2) is 0 Å². The maximum Gasteiger partial charge on any atom is 0.233 e. The van der Waals surface area contributed by atoms with Crippen molar-refractivity contribution in [2.24, 2.45) is 0 Å². The zero-order valence-corrected chi connectivity index (χ0v) is 7.30. The van der Waals surface area contributed by atoms with E-state index in [1.54, 1.807) is 12.1 Å². The van der Waals surface area contributed by atoms with Gasteiger partial charge in [0.15, 0.2) is 0 Å². The van der Waals surface area contributed by atoms with Gasteiger partial charge in [-0.2, -0.15) is 0 Å². The summed E-state index contributed by atoms with van der Waals surface area (Å²) in [5.41, 5.74) is 1.65. The lowest BCUT2D eigenvalue weighted by Gasteiger charge is -2.05. The first-order valence-electron chi connectivity index (χ1n) is 3.96. The van der Waals surface area contributed by atoms with Crippen molar-refractivity contribution >= 4 is 0 Å². The molecule has 0 aliphatic heterocycles. The molecule has 13 heavy (non-hydrogen) atoms. The molecule has 0 aliphatic rings. The van der Waals surface area contributed by atoms with Gasteiger partial charge in [-0.3, -0.25) is 10.1 Å². The third-order valence-corrected chi connectivity index (χ3v) is 1.78. The minimum Gasteiger partial charge on any atom is -0.382 e. The van der Waals surface area contributed by atoms with E-state index in [0.29, 0.717) is 5.56 Å². The van der Waals surface area contributed by atoms with Crippen LogP contribution in [0.15, 0.2) is 24.3 Å². The second-order valence-electron chi connectivity index (χ2n) is 2.94. The zero-order valence-electron chi connectivity index (χ0n) is 7.30. The quantitative estimate of drug-likeness (QED) is 0.564. The summed E-state index contributed by atoms with van der Waals surface area (Å²) in [5.74, 6) is 0. The first kappa shape index (κ1) is 9.67. The molecule has 0 aromatic heterocycles. The highest BCUT2D eigenvalue weighted by Crippen LogP contribution is 2.13. The summed E-state index contributed by atoms with van der Waals surface area (Å²) in [7, 11) is 0. The molecule has 1 aromatic carbocycles. The van der Waals surface area contributed by atoms with Crippen molar-refractivity contribution in [3.05, 3.63) is 45.5 Å². The van der Waals surface area contributed by atoms with Crippen LogP contribution in [0.4, 0.5) is 0 Å². The molecule has 1 N–H and O–H groups in total. The SMILES string of the molecule is Cc1ccc([C@H](O)C[N+](=O)[O-])cc1. The highest BCUT2D eigenvalue weighted by molar-refractivity contribution is 5.22. The molecule has 70 valence electrons. The van der Waals surface area contributed by atoms with Crippen LogP contribution in [-0.4, -0.2) is 16.6 Å². The van der Waals surface area contributed by atoms with Crippen molar-refractivity contribution in [3.63, 3.8) is 0 Å². The van der Waals surface area contributed by atoms with Crippen molar-refractivity contribution in [1.82, 2.24) is 0 Å². The lowest BCUT2D eigenvalue weighted by atomic mass is 10.1. The minimum atomic E-state index is -1.00. The van der Waals surface area contributed by atoms with Crippen LogP contribution in [0.3, 0.4) is 0 Å². The fourth-order valence-corrected chi connectivity index (χ4v) is 1.04. The van der Waals surface area contributed by atoms with Crippen LogP contribution in [0.1, 0.15) is 17.2 Å². The van der Waals surface area contributed by atoms with Crippen molar-refractivity contribution in [1.29, 1.82) is 0 Å². The number of aliphatic hydroxyl groups excluding tert-OH is 1. The van der Waals surface area contributed by atoms with Crippen molar-refractivity contribution < 1.29 is 10.0 Å². The van der Waals surface area contributed by atoms with E-state index >= 15 is 0 Å². The number of rotatable bonds is 3. The van der Waals surface area contributed by atoms with Crippen molar-refractivity contribution in [2.75, 3.05) is 6.54 Å². The second-order valence-corrected chi connectivity index (χ2v) is 2.94. The number of aliphatic hydroxyl groups is 1. The lowest BCUT2D eigenvalue weighted by molar-refractivity contribution is -0.491. The first-order valence-corrected chi connectivity index (χ1v) is 3.96. The Balaban J connectivity index is 2.71. The van der Waals surface area contributed by atoms with Gasteiger partial charge in [0, 0.05) is 4.92 Å². The summed E-state index contributed by atoms with van der Waals surface area (Å²) in [6.07, 6.45) is -1.00. The number of aryl methyl sites for hydroxylation is 1. The average molecular weight is 181 g/mol. The molecule has 0 saturated carbocycles. The molecule has 0 bridgehead atoms. The minimum absolute atomic E-state index is 0.441.